The van der Waals surface area contributed by atoms with Gasteiger partial charge in [-0.25, -0.2) is 6.57 Å². The van der Waals surface area contributed by atoms with Crippen LogP contribution >= 0.6 is 0 Å². The van der Waals surface area contributed by atoms with Crippen LogP contribution in [-0.4, -0.2) is 6.04 Å². The van der Waals surface area contributed by atoms with Crippen LogP contribution in [0.15, 0.2) is 0 Å². The van der Waals surface area contributed by atoms with Crippen LogP contribution in [0, 0.1) is 23.8 Å². The first-order valence-corrected chi connectivity index (χ1v) is 4.50. The molecule has 1 nitrogen and oxygen atoms in total. The van der Waals surface area contributed by atoms with E-state index in [1.165, 1.54) is 19.3 Å². The summed E-state index contributed by atoms with van der Waals surface area (Å²) in [5.74, 6) is 1.60. The number of rotatable bonds is 0. The molecule has 0 heterocycles. The van der Waals surface area contributed by atoms with Gasteiger partial charge >= 0.3 is 0 Å². The van der Waals surface area contributed by atoms with Gasteiger partial charge in [-0.2, -0.15) is 0 Å². The molecule has 2 rings (SSSR count). The quantitative estimate of drug-likeness (QED) is 0.466. The van der Waals surface area contributed by atoms with Crippen molar-refractivity contribution in [3.8, 4) is 0 Å². The van der Waals surface area contributed by atoms with Crippen molar-refractivity contribution in [1.82, 2.24) is 0 Å². The van der Waals surface area contributed by atoms with Crippen LogP contribution in [0.5, 0.6) is 0 Å². The number of fused-ring (bicyclic) bond motifs is 2. The van der Waals surface area contributed by atoms with Gasteiger partial charge in [0.05, 0.1) is 0 Å². The van der Waals surface area contributed by atoms with Gasteiger partial charge in [0.15, 0.2) is 0 Å². The average molecular weight is 149 g/mol. The molecule has 1 heteroatoms. The molecule has 0 saturated heterocycles. The van der Waals surface area contributed by atoms with Gasteiger partial charge < -0.3 is 4.85 Å². The van der Waals surface area contributed by atoms with Crippen LogP contribution in [0.1, 0.15) is 33.1 Å². The predicted octanol–water partition coefficient (Wildman–Crippen LogP) is 2.73. The van der Waals surface area contributed by atoms with Gasteiger partial charge in [-0.1, -0.05) is 13.8 Å². The lowest BCUT2D eigenvalue weighted by Gasteiger charge is -2.29. The normalized spacial score (nSPS) is 45.7. The number of hydrogen-bond donors (Lipinski definition) is 0. The van der Waals surface area contributed by atoms with Crippen molar-refractivity contribution in [2.24, 2.45) is 17.3 Å². The highest BCUT2D eigenvalue weighted by molar-refractivity contribution is 5.06. The minimum atomic E-state index is 0.382. The zero-order chi connectivity index (χ0) is 8.06. The molecule has 3 unspecified atom stereocenters. The van der Waals surface area contributed by atoms with Crippen LogP contribution in [0.25, 0.3) is 4.85 Å². The first-order chi connectivity index (χ1) is 5.13. The van der Waals surface area contributed by atoms with Crippen molar-refractivity contribution < 1.29 is 0 Å². The van der Waals surface area contributed by atoms with E-state index in [0.29, 0.717) is 11.5 Å². The second kappa shape index (κ2) is 2.00. The lowest BCUT2D eigenvalue weighted by atomic mass is 9.75. The Bertz CT molecular complexity index is 211. The lowest BCUT2D eigenvalue weighted by molar-refractivity contribution is 0.212. The summed E-state index contributed by atoms with van der Waals surface area (Å²) in [6.45, 7) is 11.7. The van der Waals surface area contributed by atoms with E-state index < -0.39 is 0 Å². The summed E-state index contributed by atoms with van der Waals surface area (Å²) in [5.41, 5.74) is 0.547. The highest BCUT2D eigenvalue weighted by Gasteiger charge is 2.53. The summed E-state index contributed by atoms with van der Waals surface area (Å²) in [6, 6.07) is 0.382. The third kappa shape index (κ3) is 0.888. The molecule has 0 aromatic rings. The molecule has 0 radical (unpaired) electrons. The lowest BCUT2D eigenvalue weighted by Crippen LogP contribution is -2.25. The highest BCUT2D eigenvalue weighted by atomic mass is 14.8. The smallest absolute Gasteiger partial charge is 0.226 e. The van der Waals surface area contributed by atoms with Crippen molar-refractivity contribution in [3.05, 3.63) is 11.4 Å². The molecular weight excluding hydrogens is 134 g/mol. The van der Waals surface area contributed by atoms with Crippen molar-refractivity contribution in [2.75, 3.05) is 0 Å². The average Bonchev–Trinajstić information content (AvgIpc) is 2.41. The van der Waals surface area contributed by atoms with E-state index >= 15 is 0 Å². The van der Waals surface area contributed by atoms with Gasteiger partial charge in [-0.3, -0.25) is 0 Å². The molecule has 0 aromatic heterocycles. The molecule has 2 bridgehead atoms. The van der Waals surface area contributed by atoms with Crippen LogP contribution in [-0.2, 0) is 0 Å². The maximum Gasteiger partial charge on any atom is 0.226 e. The summed E-state index contributed by atoms with van der Waals surface area (Å²) >= 11 is 0. The van der Waals surface area contributed by atoms with Crippen LogP contribution < -0.4 is 0 Å². The Kier molecular flexibility index (Phi) is 1.30. The van der Waals surface area contributed by atoms with E-state index in [4.69, 9.17) is 6.57 Å². The fourth-order valence-electron chi connectivity index (χ4n) is 2.96. The highest BCUT2D eigenvalue weighted by Crippen LogP contribution is 2.56. The molecule has 0 aromatic carbocycles. The molecule has 2 aliphatic carbocycles. The van der Waals surface area contributed by atoms with E-state index in [0.717, 1.165) is 11.8 Å². The molecule has 3 atom stereocenters. The van der Waals surface area contributed by atoms with E-state index in [-0.39, 0.29) is 0 Å². The largest absolute Gasteiger partial charge is 0.313 e. The van der Waals surface area contributed by atoms with Gasteiger partial charge in [-0.15, -0.1) is 0 Å². The maximum absolute atomic E-state index is 7.01. The predicted molar refractivity (Wildman–Crippen MR) is 45.0 cm³/mol. The van der Waals surface area contributed by atoms with E-state index in [1.807, 2.05) is 0 Å². The van der Waals surface area contributed by atoms with Crippen LogP contribution in [0.2, 0.25) is 0 Å². The standard InChI is InChI=1S/C10H15N/c1-10(2)6-7-4-8(10)5-9(7)11-3/h7-9H,4-6H2,1-2H3. The molecule has 2 aliphatic rings. The third-order valence-corrected chi connectivity index (χ3v) is 3.72. The van der Waals surface area contributed by atoms with E-state index in [2.05, 4.69) is 18.7 Å². The summed E-state index contributed by atoms with van der Waals surface area (Å²) in [7, 11) is 0. The first-order valence-electron chi connectivity index (χ1n) is 4.50. The Morgan fingerprint density at radius 3 is 2.45 bits per heavy atom. The zero-order valence-corrected chi connectivity index (χ0v) is 7.30. The molecule has 0 spiro atoms. The Labute approximate surface area is 68.6 Å². The van der Waals surface area contributed by atoms with Crippen LogP contribution in [0.3, 0.4) is 0 Å². The zero-order valence-electron chi connectivity index (χ0n) is 7.30. The van der Waals surface area contributed by atoms with Crippen molar-refractivity contribution in [3.63, 3.8) is 0 Å². The number of hydrogen-bond acceptors (Lipinski definition) is 0. The minimum Gasteiger partial charge on any atom is -0.313 e. The molecule has 0 N–H and O–H groups in total. The van der Waals surface area contributed by atoms with E-state index in [9.17, 15) is 0 Å². The number of nitrogens with zero attached hydrogens (tertiary/aromatic N) is 1. The summed E-state index contributed by atoms with van der Waals surface area (Å²) in [6.07, 6.45) is 3.81. The summed E-state index contributed by atoms with van der Waals surface area (Å²) < 4.78 is 0. The van der Waals surface area contributed by atoms with Crippen molar-refractivity contribution >= 4 is 0 Å². The molecule has 11 heavy (non-hydrogen) atoms. The summed E-state index contributed by atoms with van der Waals surface area (Å²) in [4.78, 5) is 3.69. The molecule has 0 aliphatic heterocycles. The Hall–Kier alpha value is -0.510. The fourth-order valence-corrected chi connectivity index (χ4v) is 2.96. The van der Waals surface area contributed by atoms with Gasteiger partial charge in [-0.05, 0) is 24.2 Å². The van der Waals surface area contributed by atoms with Gasteiger partial charge in [0.25, 0.3) is 0 Å². The summed E-state index contributed by atoms with van der Waals surface area (Å²) in [5, 5.41) is 0. The van der Waals surface area contributed by atoms with Crippen LogP contribution in [0.4, 0.5) is 0 Å². The van der Waals surface area contributed by atoms with Crippen molar-refractivity contribution in [1.29, 1.82) is 0 Å². The molecule has 60 valence electrons. The molecular formula is C10H15N. The Morgan fingerprint density at radius 1 is 1.36 bits per heavy atom. The second-order valence-electron chi connectivity index (χ2n) is 4.82. The van der Waals surface area contributed by atoms with Crippen molar-refractivity contribution in [2.45, 2.75) is 39.2 Å². The topological polar surface area (TPSA) is 4.36 Å². The van der Waals surface area contributed by atoms with Gasteiger partial charge in [0.2, 0.25) is 6.04 Å². The van der Waals surface area contributed by atoms with Gasteiger partial charge in [0, 0.05) is 12.3 Å². The monoisotopic (exact) mass is 149 g/mol. The fraction of sp³-hybridized carbons (Fsp3) is 0.900. The molecule has 2 fully saturated rings. The molecule has 2 saturated carbocycles. The SMILES string of the molecule is [C-]#[N+]C1CC2CC1CC2(C)C. The Morgan fingerprint density at radius 2 is 2.09 bits per heavy atom. The first kappa shape index (κ1) is 7.16. The third-order valence-electron chi connectivity index (χ3n) is 3.72. The minimum absolute atomic E-state index is 0.382. The van der Waals surface area contributed by atoms with Gasteiger partial charge in [0.1, 0.15) is 0 Å². The Balaban J connectivity index is 2.16. The van der Waals surface area contributed by atoms with E-state index in [1.54, 1.807) is 0 Å². The molecule has 0 amide bonds. The maximum atomic E-state index is 7.01. The second-order valence-corrected chi connectivity index (χ2v) is 4.82.